The molecule has 2 aromatic heterocycles. The zero-order chi connectivity index (χ0) is 21.7. The second kappa shape index (κ2) is 7.72. The molecule has 0 fully saturated rings. The van der Waals surface area contributed by atoms with Crippen LogP contribution in [-0.2, 0) is 13.0 Å². The predicted molar refractivity (Wildman–Crippen MR) is 130 cm³/mol. The van der Waals surface area contributed by atoms with E-state index in [1.807, 2.05) is 12.3 Å². The van der Waals surface area contributed by atoms with Gasteiger partial charge in [-0.2, -0.15) is 0 Å². The third-order valence-corrected chi connectivity index (χ3v) is 7.14. The Bertz CT molecular complexity index is 1270. The topological polar surface area (TPSA) is 21.1 Å². The first-order valence-electron chi connectivity index (χ1n) is 11.0. The molecule has 1 aliphatic rings. The second-order valence-electron chi connectivity index (χ2n) is 8.78. The Labute approximate surface area is 189 Å². The molecule has 0 amide bonds. The molecule has 4 heteroatoms. The molecule has 1 unspecified atom stereocenters. The average molecular weight is 430 g/mol. The van der Waals surface area contributed by atoms with E-state index in [0.29, 0.717) is 0 Å². The third kappa shape index (κ3) is 3.41. The van der Waals surface area contributed by atoms with Crippen molar-refractivity contribution in [2.24, 2.45) is 0 Å². The van der Waals surface area contributed by atoms with Gasteiger partial charge in [0.1, 0.15) is 0 Å². The van der Waals surface area contributed by atoms with Gasteiger partial charge in [-0.25, -0.2) is 4.98 Å². The fourth-order valence-corrected chi connectivity index (χ4v) is 5.12. The normalized spacial score (nSPS) is 16.0. The lowest BCUT2D eigenvalue weighted by molar-refractivity contribution is 0.617. The highest BCUT2D eigenvalue weighted by molar-refractivity contribution is 6.30. The molecular formula is C27H28ClN3. The van der Waals surface area contributed by atoms with Crippen molar-refractivity contribution in [3.63, 3.8) is 0 Å². The smallest absolute Gasteiger partial charge is 0.153 e. The minimum absolute atomic E-state index is 0.226. The number of halogens is 1. The van der Waals surface area contributed by atoms with Gasteiger partial charge in [-0.3, -0.25) is 0 Å². The molecule has 1 aliphatic heterocycles. The number of fused-ring (bicyclic) bond motifs is 2. The minimum Gasteiger partial charge on any atom is -0.348 e. The number of hydrogen-bond donors (Lipinski definition) is 0. The molecule has 3 nitrogen and oxygen atoms in total. The summed E-state index contributed by atoms with van der Waals surface area (Å²) >= 11 is 6.34. The first kappa shape index (κ1) is 20.1. The summed E-state index contributed by atoms with van der Waals surface area (Å²) in [5, 5.41) is 2.09. The van der Waals surface area contributed by atoms with Gasteiger partial charge >= 0.3 is 0 Å². The molecule has 0 aliphatic carbocycles. The molecule has 0 radical (unpaired) electrons. The lowest BCUT2D eigenvalue weighted by Crippen LogP contribution is -2.35. The Morgan fingerprint density at radius 1 is 1.03 bits per heavy atom. The number of rotatable bonds is 3. The van der Waals surface area contributed by atoms with Crippen molar-refractivity contribution >= 4 is 28.3 Å². The molecule has 0 N–H and O–H groups in total. The molecule has 158 valence electrons. The van der Waals surface area contributed by atoms with Crippen LogP contribution in [0, 0.1) is 20.8 Å². The van der Waals surface area contributed by atoms with Crippen LogP contribution in [-0.4, -0.2) is 16.1 Å². The van der Waals surface area contributed by atoms with Gasteiger partial charge in [-0.05, 0) is 74.6 Å². The Kier molecular flexibility index (Phi) is 5.02. The van der Waals surface area contributed by atoms with Gasteiger partial charge in [0.2, 0.25) is 0 Å². The van der Waals surface area contributed by atoms with Gasteiger partial charge in [0.05, 0.1) is 11.6 Å². The average Bonchev–Trinajstić information content (AvgIpc) is 3.01. The van der Waals surface area contributed by atoms with Crippen molar-refractivity contribution in [2.75, 3.05) is 11.4 Å². The van der Waals surface area contributed by atoms with Crippen molar-refractivity contribution in [1.29, 1.82) is 0 Å². The van der Waals surface area contributed by atoms with Crippen LogP contribution in [0.25, 0.3) is 10.9 Å². The van der Waals surface area contributed by atoms with Gasteiger partial charge in [-0.15, -0.1) is 0 Å². The summed E-state index contributed by atoms with van der Waals surface area (Å²) < 4.78 is 2.44. The molecule has 0 saturated heterocycles. The number of aryl methyl sites for hydroxylation is 2. The summed E-state index contributed by atoms with van der Waals surface area (Å²) in [5.41, 5.74) is 9.16. The maximum absolute atomic E-state index is 6.34. The standard InChI is InChI=1S/C27H28ClN3/c1-17-5-7-21(8-6-17)16-31-19(3)18(2)24-11-13-29-27(26(24)31)30-14-12-22-9-10-23(28)15-25(22)20(30)4/h5-11,13,15,20H,12,14,16H2,1-4H3. The number of aromatic nitrogens is 2. The van der Waals surface area contributed by atoms with Crippen LogP contribution < -0.4 is 4.90 Å². The Morgan fingerprint density at radius 3 is 2.58 bits per heavy atom. The SMILES string of the molecule is Cc1ccc(Cn2c(C)c(C)c3ccnc(N4CCc5ccc(Cl)cc5C4C)c32)cc1. The van der Waals surface area contributed by atoms with Crippen molar-refractivity contribution in [3.8, 4) is 0 Å². The fourth-order valence-electron chi connectivity index (χ4n) is 4.93. The van der Waals surface area contributed by atoms with Crippen molar-refractivity contribution < 1.29 is 0 Å². The van der Waals surface area contributed by atoms with E-state index < -0.39 is 0 Å². The summed E-state index contributed by atoms with van der Waals surface area (Å²) in [7, 11) is 0. The van der Waals surface area contributed by atoms with E-state index in [0.717, 1.165) is 30.4 Å². The molecule has 5 rings (SSSR count). The van der Waals surface area contributed by atoms with Gasteiger partial charge in [-0.1, -0.05) is 47.5 Å². The minimum atomic E-state index is 0.226. The van der Waals surface area contributed by atoms with E-state index in [1.54, 1.807) is 0 Å². The van der Waals surface area contributed by atoms with Crippen LogP contribution in [0.4, 0.5) is 5.82 Å². The molecule has 3 heterocycles. The van der Waals surface area contributed by atoms with Crippen molar-refractivity contribution in [1.82, 2.24) is 9.55 Å². The fraction of sp³-hybridized carbons (Fsp3) is 0.296. The summed E-state index contributed by atoms with van der Waals surface area (Å²) in [5.74, 6) is 1.07. The van der Waals surface area contributed by atoms with Crippen LogP contribution in [0.2, 0.25) is 5.02 Å². The maximum atomic E-state index is 6.34. The van der Waals surface area contributed by atoms with E-state index in [-0.39, 0.29) is 6.04 Å². The molecule has 4 aromatic rings. The zero-order valence-corrected chi connectivity index (χ0v) is 19.4. The third-order valence-electron chi connectivity index (χ3n) is 6.91. The molecular weight excluding hydrogens is 402 g/mol. The van der Waals surface area contributed by atoms with Crippen LogP contribution in [0.15, 0.2) is 54.7 Å². The number of anilines is 1. The van der Waals surface area contributed by atoms with Crippen molar-refractivity contribution in [3.05, 3.63) is 93.3 Å². The summed E-state index contributed by atoms with van der Waals surface area (Å²) in [4.78, 5) is 7.37. The Morgan fingerprint density at radius 2 is 1.81 bits per heavy atom. The predicted octanol–water partition coefficient (Wildman–Crippen LogP) is 6.79. The number of benzene rings is 2. The molecule has 2 aromatic carbocycles. The number of pyridine rings is 1. The van der Waals surface area contributed by atoms with Crippen LogP contribution in [0.1, 0.15) is 46.5 Å². The summed E-state index contributed by atoms with van der Waals surface area (Å²) in [6.45, 7) is 10.6. The van der Waals surface area contributed by atoms with Gasteiger partial charge < -0.3 is 9.47 Å². The van der Waals surface area contributed by atoms with E-state index in [1.165, 1.54) is 44.4 Å². The second-order valence-corrected chi connectivity index (χ2v) is 9.21. The van der Waals surface area contributed by atoms with Crippen LogP contribution >= 0.6 is 11.6 Å². The molecule has 1 atom stereocenters. The quantitative estimate of drug-likeness (QED) is 0.357. The van der Waals surface area contributed by atoms with E-state index in [4.69, 9.17) is 16.6 Å². The number of nitrogens with zero attached hydrogens (tertiary/aromatic N) is 3. The number of hydrogen-bond acceptors (Lipinski definition) is 2. The molecule has 0 saturated carbocycles. The lowest BCUT2D eigenvalue weighted by Gasteiger charge is -2.37. The van der Waals surface area contributed by atoms with Crippen molar-refractivity contribution in [2.45, 2.75) is 46.7 Å². The molecule has 31 heavy (non-hydrogen) atoms. The zero-order valence-electron chi connectivity index (χ0n) is 18.6. The first-order valence-corrected chi connectivity index (χ1v) is 11.4. The first-order chi connectivity index (χ1) is 14.9. The summed E-state index contributed by atoms with van der Waals surface area (Å²) in [6, 6.07) is 17.5. The van der Waals surface area contributed by atoms with Gasteiger partial charge in [0, 0.05) is 35.4 Å². The Hall–Kier alpha value is -2.78. The van der Waals surface area contributed by atoms with Gasteiger partial charge in [0.15, 0.2) is 5.82 Å². The van der Waals surface area contributed by atoms with E-state index in [2.05, 4.69) is 79.6 Å². The highest BCUT2D eigenvalue weighted by atomic mass is 35.5. The van der Waals surface area contributed by atoms with Crippen LogP contribution in [0.5, 0.6) is 0 Å². The summed E-state index contributed by atoms with van der Waals surface area (Å²) in [6.07, 6.45) is 2.96. The monoisotopic (exact) mass is 429 g/mol. The molecule has 0 spiro atoms. The van der Waals surface area contributed by atoms with E-state index >= 15 is 0 Å². The molecule has 0 bridgehead atoms. The van der Waals surface area contributed by atoms with E-state index in [9.17, 15) is 0 Å². The highest BCUT2D eigenvalue weighted by Crippen LogP contribution is 2.39. The highest BCUT2D eigenvalue weighted by Gasteiger charge is 2.28. The Balaban J connectivity index is 1.64. The maximum Gasteiger partial charge on any atom is 0.153 e. The lowest BCUT2D eigenvalue weighted by atomic mass is 9.93. The largest absolute Gasteiger partial charge is 0.348 e. The van der Waals surface area contributed by atoms with Gasteiger partial charge in [0.25, 0.3) is 0 Å². The van der Waals surface area contributed by atoms with Crippen LogP contribution in [0.3, 0.4) is 0 Å².